The molecule has 10 heavy (non-hydrogen) atoms. The first-order valence-corrected chi connectivity index (χ1v) is 2.51. The number of aromatic nitrogens is 1. The summed E-state index contributed by atoms with van der Waals surface area (Å²) in [7, 11) is 0. The van der Waals surface area contributed by atoms with Gasteiger partial charge < -0.3 is 0 Å². The highest BCUT2D eigenvalue weighted by Gasteiger charge is 1.99. The van der Waals surface area contributed by atoms with Gasteiger partial charge in [-0.2, -0.15) is 4.39 Å². The third-order valence-electron chi connectivity index (χ3n) is 0.976. The maximum Gasteiger partial charge on any atom is 0.215 e. The summed E-state index contributed by atoms with van der Waals surface area (Å²) in [6.45, 7) is 0. The molecule has 1 rings (SSSR count). The molecule has 1 nitrogen and oxygen atoms in total. The molecule has 0 fully saturated rings. The number of terminal acetylenes is 1. The van der Waals surface area contributed by atoms with E-state index in [2.05, 4.69) is 4.98 Å². The number of hydrogen-bond acceptors (Lipinski definition) is 1. The summed E-state index contributed by atoms with van der Waals surface area (Å²) < 4.78 is 24.5. The Morgan fingerprint density at radius 3 is 2.70 bits per heavy atom. The fraction of sp³-hybridized carbons (Fsp3) is 0. The fourth-order valence-corrected chi connectivity index (χ4v) is 0.514. The number of rotatable bonds is 0. The van der Waals surface area contributed by atoms with Crippen molar-refractivity contribution in [1.29, 1.82) is 0 Å². The fourth-order valence-electron chi connectivity index (χ4n) is 0.514. The van der Waals surface area contributed by atoms with Crippen LogP contribution in [0.2, 0.25) is 0 Å². The smallest absolute Gasteiger partial charge is 0.215 e. The summed E-state index contributed by atoms with van der Waals surface area (Å²) in [4.78, 5) is 3.16. The predicted octanol–water partition coefficient (Wildman–Crippen LogP) is 1.34. The summed E-state index contributed by atoms with van der Waals surface area (Å²) in [5.74, 6) is 0.399. The first-order valence-electron chi connectivity index (χ1n) is 2.51. The van der Waals surface area contributed by atoms with Crippen molar-refractivity contribution >= 4 is 0 Å². The van der Waals surface area contributed by atoms with Crippen LogP contribution in [-0.4, -0.2) is 4.98 Å². The molecule has 0 spiro atoms. The van der Waals surface area contributed by atoms with E-state index >= 15 is 0 Å². The Kier molecular flexibility index (Phi) is 1.63. The van der Waals surface area contributed by atoms with Crippen LogP contribution in [0.15, 0.2) is 12.3 Å². The molecule has 0 saturated carbocycles. The lowest BCUT2D eigenvalue weighted by molar-refractivity contribution is 0.550. The van der Waals surface area contributed by atoms with E-state index in [1.54, 1.807) is 0 Å². The molecule has 0 aliphatic heterocycles. The van der Waals surface area contributed by atoms with Gasteiger partial charge in [-0.3, -0.25) is 0 Å². The molecule has 0 bridgehead atoms. The molecule has 0 atom stereocenters. The highest BCUT2D eigenvalue weighted by atomic mass is 19.1. The molecule has 1 aromatic heterocycles. The Morgan fingerprint density at radius 2 is 2.20 bits per heavy atom. The molecule has 0 aliphatic rings. The molecule has 0 aromatic carbocycles. The van der Waals surface area contributed by atoms with Crippen LogP contribution in [-0.2, 0) is 0 Å². The molecule has 0 unspecified atom stereocenters. The molecule has 0 aliphatic carbocycles. The van der Waals surface area contributed by atoms with Crippen LogP contribution >= 0.6 is 0 Å². The number of nitrogens with zero attached hydrogens (tertiary/aromatic N) is 1. The highest BCUT2D eigenvalue weighted by molar-refractivity contribution is 5.29. The van der Waals surface area contributed by atoms with Gasteiger partial charge in [-0.1, -0.05) is 5.92 Å². The zero-order chi connectivity index (χ0) is 7.56. The lowest BCUT2D eigenvalue weighted by atomic mass is 10.3. The first kappa shape index (κ1) is 6.69. The quantitative estimate of drug-likeness (QED) is 0.390. The van der Waals surface area contributed by atoms with Gasteiger partial charge in [0.05, 0.1) is 5.56 Å². The second-order valence-electron chi connectivity index (χ2n) is 1.63. The molecule has 1 heterocycles. The van der Waals surface area contributed by atoms with E-state index in [1.165, 1.54) is 0 Å². The molecule has 0 amide bonds. The van der Waals surface area contributed by atoms with Crippen LogP contribution in [0, 0.1) is 24.1 Å². The molecule has 50 valence electrons. The van der Waals surface area contributed by atoms with E-state index in [1.807, 2.05) is 5.92 Å². The van der Waals surface area contributed by atoms with Gasteiger partial charge in [-0.15, -0.1) is 6.42 Å². The normalized spacial score (nSPS) is 8.90. The first-order chi connectivity index (χ1) is 4.74. The van der Waals surface area contributed by atoms with Gasteiger partial charge in [0.25, 0.3) is 0 Å². The Hall–Kier alpha value is -1.43. The largest absolute Gasteiger partial charge is 0.227 e. The van der Waals surface area contributed by atoms with Crippen LogP contribution < -0.4 is 0 Å². The number of hydrogen-bond donors (Lipinski definition) is 0. The predicted molar refractivity (Wildman–Crippen MR) is 32.1 cm³/mol. The maximum atomic E-state index is 12.4. The van der Waals surface area contributed by atoms with E-state index in [9.17, 15) is 8.78 Å². The Bertz CT molecular complexity index is 288. The third kappa shape index (κ3) is 1.11. The topological polar surface area (TPSA) is 12.9 Å². The van der Waals surface area contributed by atoms with Gasteiger partial charge in [-0.25, -0.2) is 9.37 Å². The van der Waals surface area contributed by atoms with Crippen molar-refractivity contribution in [1.82, 2.24) is 4.98 Å². The standard InChI is InChI=1S/C7H3F2N/c1-2-5-4-10-7(9)3-6(5)8/h1,3-4H. The van der Waals surface area contributed by atoms with Crippen LogP contribution in [0.1, 0.15) is 5.56 Å². The van der Waals surface area contributed by atoms with E-state index in [4.69, 9.17) is 6.42 Å². The SMILES string of the molecule is C#Cc1cnc(F)cc1F. The minimum absolute atomic E-state index is 0.0265. The lowest BCUT2D eigenvalue weighted by Gasteiger charge is -1.90. The maximum absolute atomic E-state index is 12.4. The Morgan fingerprint density at radius 1 is 1.50 bits per heavy atom. The van der Waals surface area contributed by atoms with Gasteiger partial charge in [0.1, 0.15) is 5.82 Å². The summed E-state index contributed by atoms with van der Waals surface area (Å²) in [5.41, 5.74) is -0.0265. The van der Waals surface area contributed by atoms with Crippen LogP contribution in [0.5, 0.6) is 0 Å². The van der Waals surface area contributed by atoms with Gasteiger partial charge in [0, 0.05) is 12.3 Å². The van der Waals surface area contributed by atoms with Crippen LogP contribution in [0.25, 0.3) is 0 Å². The van der Waals surface area contributed by atoms with Gasteiger partial charge in [0.15, 0.2) is 0 Å². The summed E-state index contributed by atoms with van der Waals surface area (Å²) in [6.07, 6.45) is 5.83. The molecule has 3 heteroatoms. The van der Waals surface area contributed by atoms with Gasteiger partial charge >= 0.3 is 0 Å². The number of halogens is 2. The zero-order valence-corrected chi connectivity index (χ0v) is 4.94. The van der Waals surface area contributed by atoms with E-state index in [0.717, 1.165) is 6.20 Å². The van der Waals surface area contributed by atoms with E-state index in [-0.39, 0.29) is 5.56 Å². The second-order valence-corrected chi connectivity index (χ2v) is 1.63. The van der Waals surface area contributed by atoms with Crippen molar-refractivity contribution in [3.05, 3.63) is 29.6 Å². The molecular formula is C7H3F2N. The average Bonchev–Trinajstić information content (AvgIpc) is 1.88. The van der Waals surface area contributed by atoms with Crippen LogP contribution in [0.4, 0.5) is 8.78 Å². The van der Waals surface area contributed by atoms with Crippen molar-refractivity contribution in [2.45, 2.75) is 0 Å². The van der Waals surface area contributed by atoms with Crippen molar-refractivity contribution < 1.29 is 8.78 Å². The van der Waals surface area contributed by atoms with Crippen molar-refractivity contribution in [2.24, 2.45) is 0 Å². The number of pyridine rings is 1. The van der Waals surface area contributed by atoms with E-state index in [0.29, 0.717) is 6.07 Å². The average molecular weight is 139 g/mol. The van der Waals surface area contributed by atoms with Crippen molar-refractivity contribution in [3.8, 4) is 12.3 Å². The van der Waals surface area contributed by atoms with Gasteiger partial charge in [0.2, 0.25) is 5.95 Å². The Labute approximate surface area is 56.7 Å². The monoisotopic (exact) mass is 139 g/mol. The molecule has 1 aromatic rings. The molecule has 0 N–H and O–H groups in total. The van der Waals surface area contributed by atoms with Crippen LogP contribution in [0.3, 0.4) is 0 Å². The van der Waals surface area contributed by atoms with Crippen molar-refractivity contribution in [3.63, 3.8) is 0 Å². The van der Waals surface area contributed by atoms with E-state index < -0.39 is 11.8 Å². The molecule has 0 radical (unpaired) electrons. The summed E-state index contributed by atoms with van der Waals surface area (Å²) in [5, 5.41) is 0. The second kappa shape index (κ2) is 2.44. The van der Waals surface area contributed by atoms with Gasteiger partial charge in [-0.05, 0) is 0 Å². The minimum atomic E-state index is -0.864. The highest BCUT2D eigenvalue weighted by Crippen LogP contribution is 2.03. The summed E-state index contributed by atoms with van der Waals surface area (Å²) >= 11 is 0. The third-order valence-corrected chi connectivity index (χ3v) is 0.976. The zero-order valence-electron chi connectivity index (χ0n) is 4.94. The summed E-state index contributed by atoms with van der Waals surface area (Å²) in [6, 6.07) is 0.648. The lowest BCUT2D eigenvalue weighted by Crippen LogP contribution is -1.88. The minimum Gasteiger partial charge on any atom is -0.227 e. The molecular weight excluding hydrogens is 136 g/mol. The Balaban J connectivity index is 3.23. The van der Waals surface area contributed by atoms with Crippen molar-refractivity contribution in [2.75, 3.05) is 0 Å². The molecule has 0 saturated heterocycles.